The van der Waals surface area contributed by atoms with Crippen LogP contribution < -0.4 is 0 Å². The number of aromatic hydroxyl groups is 1. The number of phenolic OH excluding ortho intramolecular Hbond substituents is 1. The molecule has 1 heterocycles. The van der Waals surface area contributed by atoms with E-state index in [0.717, 1.165) is 12.1 Å². The summed E-state index contributed by atoms with van der Waals surface area (Å²) in [6.07, 6.45) is -4.43. The molecule has 0 saturated heterocycles. The highest BCUT2D eigenvalue weighted by atomic mass is 35.5. The van der Waals surface area contributed by atoms with Crippen LogP contribution in [0.3, 0.4) is 0 Å². The first-order valence-electron chi connectivity index (χ1n) is 6.48. The van der Waals surface area contributed by atoms with E-state index < -0.39 is 11.7 Å². The minimum Gasteiger partial charge on any atom is -0.506 e. The van der Waals surface area contributed by atoms with Gasteiger partial charge in [0.1, 0.15) is 11.4 Å². The maximum Gasteiger partial charge on any atom is 0.416 e. The van der Waals surface area contributed by atoms with E-state index in [4.69, 9.17) is 16.1 Å². The fourth-order valence-corrected chi connectivity index (χ4v) is 2.19. The molecule has 7 heteroatoms. The zero-order valence-corrected chi connectivity index (χ0v) is 12.2. The Bertz CT molecular complexity index is 859. The number of halogens is 4. The molecule has 0 fully saturated rings. The van der Waals surface area contributed by atoms with Crippen molar-refractivity contribution in [3.8, 4) is 28.3 Å². The Hall–Kier alpha value is -2.47. The molecule has 0 saturated carbocycles. The Labute approximate surface area is 133 Å². The Morgan fingerprint density at radius 2 is 1.78 bits per heavy atom. The van der Waals surface area contributed by atoms with Crippen molar-refractivity contribution in [2.45, 2.75) is 6.18 Å². The standard InChI is InChI=1S/C16H9ClF3NO2/c17-12-5-4-10(7-14(12)22)15-8-13(21-23-15)9-2-1-3-11(6-9)16(18,19)20/h1-8,22H. The number of alkyl halides is 3. The van der Waals surface area contributed by atoms with E-state index in [2.05, 4.69) is 5.16 Å². The highest BCUT2D eigenvalue weighted by molar-refractivity contribution is 6.32. The zero-order valence-electron chi connectivity index (χ0n) is 11.4. The third kappa shape index (κ3) is 3.17. The third-order valence-corrected chi connectivity index (χ3v) is 3.55. The maximum atomic E-state index is 12.8. The second kappa shape index (κ2) is 5.62. The van der Waals surface area contributed by atoms with Gasteiger partial charge in [-0.05, 0) is 30.3 Å². The van der Waals surface area contributed by atoms with Crippen LogP contribution in [-0.2, 0) is 6.18 Å². The van der Waals surface area contributed by atoms with Gasteiger partial charge >= 0.3 is 6.18 Å². The average Bonchev–Trinajstić information content (AvgIpc) is 2.99. The van der Waals surface area contributed by atoms with Gasteiger partial charge in [0, 0.05) is 17.2 Å². The van der Waals surface area contributed by atoms with Crippen LogP contribution in [0, 0.1) is 0 Å². The normalized spacial score (nSPS) is 11.7. The second-order valence-corrected chi connectivity index (χ2v) is 5.23. The van der Waals surface area contributed by atoms with Crippen LogP contribution in [0.25, 0.3) is 22.6 Å². The number of rotatable bonds is 2. The SMILES string of the molecule is Oc1cc(-c2cc(-c3cccc(C(F)(F)F)c3)no2)ccc1Cl. The topological polar surface area (TPSA) is 46.3 Å². The third-order valence-electron chi connectivity index (χ3n) is 3.23. The molecule has 3 nitrogen and oxygen atoms in total. The Kier molecular flexibility index (Phi) is 3.77. The molecule has 0 spiro atoms. The summed E-state index contributed by atoms with van der Waals surface area (Å²) in [4.78, 5) is 0. The lowest BCUT2D eigenvalue weighted by atomic mass is 10.1. The summed E-state index contributed by atoms with van der Waals surface area (Å²) in [5.41, 5.74) is 0.301. The summed E-state index contributed by atoms with van der Waals surface area (Å²) in [7, 11) is 0. The lowest BCUT2D eigenvalue weighted by molar-refractivity contribution is -0.137. The molecular formula is C16H9ClF3NO2. The van der Waals surface area contributed by atoms with Crippen LogP contribution >= 0.6 is 11.6 Å². The molecule has 3 rings (SSSR count). The van der Waals surface area contributed by atoms with Crippen LogP contribution in [0.4, 0.5) is 13.2 Å². The fourth-order valence-electron chi connectivity index (χ4n) is 2.07. The molecule has 23 heavy (non-hydrogen) atoms. The number of hydrogen-bond donors (Lipinski definition) is 1. The first-order valence-corrected chi connectivity index (χ1v) is 6.85. The predicted octanol–water partition coefficient (Wildman–Crippen LogP) is 5.39. The number of benzene rings is 2. The van der Waals surface area contributed by atoms with Gasteiger partial charge in [-0.1, -0.05) is 28.9 Å². The molecule has 0 bridgehead atoms. The zero-order chi connectivity index (χ0) is 16.6. The van der Waals surface area contributed by atoms with E-state index in [9.17, 15) is 18.3 Å². The van der Waals surface area contributed by atoms with Gasteiger partial charge in [0.2, 0.25) is 0 Å². The van der Waals surface area contributed by atoms with Crippen molar-refractivity contribution in [1.82, 2.24) is 5.16 Å². The number of nitrogens with zero attached hydrogens (tertiary/aromatic N) is 1. The van der Waals surface area contributed by atoms with E-state index in [1.165, 1.54) is 30.3 Å². The summed E-state index contributed by atoms with van der Waals surface area (Å²) in [5, 5.41) is 13.6. The summed E-state index contributed by atoms with van der Waals surface area (Å²) >= 11 is 5.73. The monoisotopic (exact) mass is 339 g/mol. The van der Waals surface area contributed by atoms with Crippen molar-refractivity contribution in [2.24, 2.45) is 0 Å². The smallest absolute Gasteiger partial charge is 0.416 e. The van der Waals surface area contributed by atoms with Crippen molar-refractivity contribution in [3.63, 3.8) is 0 Å². The van der Waals surface area contributed by atoms with Crippen LogP contribution in [0.5, 0.6) is 5.75 Å². The van der Waals surface area contributed by atoms with Crippen LogP contribution in [0.1, 0.15) is 5.56 Å². The number of hydrogen-bond acceptors (Lipinski definition) is 3. The summed E-state index contributed by atoms with van der Waals surface area (Å²) in [5.74, 6) is 0.186. The highest BCUT2D eigenvalue weighted by Crippen LogP contribution is 2.34. The molecule has 0 atom stereocenters. The second-order valence-electron chi connectivity index (χ2n) is 4.82. The van der Waals surface area contributed by atoms with Gasteiger partial charge in [-0.15, -0.1) is 0 Å². The minimum absolute atomic E-state index is 0.124. The molecule has 0 radical (unpaired) electrons. The van der Waals surface area contributed by atoms with Crippen molar-refractivity contribution < 1.29 is 22.8 Å². The van der Waals surface area contributed by atoms with Gasteiger partial charge in [-0.25, -0.2) is 0 Å². The molecule has 2 aromatic carbocycles. The van der Waals surface area contributed by atoms with E-state index in [1.54, 1.807) is 6.07 Å². The molecule has 0 unspecified atom stereocenters. The molecule has 0 aliphatic heterocycles. The molecule has 0 aliphatic rings. The molecule has 1 aromatic heterocycles. The average molecular weight is 340 g/mol. The van der Waals surface area contributed by atoms with Crippen LogP contribution in [-0.4, -0.2) is 10.3 Å². The first kappa shape index (κ1) is 15.4. The van der Waals surface area contributed by atoms with Crippen molar-refractivity contribution in [3.05, 3.63) is 59.1 Å². The van der Waals surface area contributed by atoms with Gasteiger partial charge in [0.15, 0.2) is 5.76 Å². The highest BCUT2D eigenvalue weighted by Gasteiger charge is 2.30. The van der Waals surface area contributed by atoms with E-state index in [0.29, 0.717) is 11.3 Å². The summed E-state index contributed by atoms with van der Waals surface area (Å²) < 4.78 is 43.4. The Balaban J connectivity index is 1.97. The quantitative estimate of drug-likeness (QED) is 0.681. The Morgan fingerprint density at radius 3 is 2.48 bits per heavy atom. The molecule has 3 aromatic rings. The van der Waals surface area contributed by atoms with Crippen molar-refractivity contribution in [1.29, 1.82) is 0 Å². The molecule has 0 aliphatic carbocycles. The fraction of sp³-hybridized carbons (Fsp3) is 0.0625. The molecule has 118 valence electrons. The van der Waals surface area contributed by atoms with E-state index >= 15 is 0 Å². The van der Waals surface area contributed by atoms with E-state index in [1.807, 2.05) is 0 Å². The van der Waals surface area contributed by atoms with Crippen LogP contribution in [0.15, 0.2) is 53.1 Å². The van der Waals surface area contributed by atoms with Crippen molar-refractivity contribution >= 4 is 11.6 Å². The van der Waals surface area contributed by atoms with Gasteiger partial charge in [-0.2, -0.15) is 13.2 Å². The van der Waals surface area contributed by atoms with Gasteiger partial charge in [0.05, 0.1) is 10.6 Å². The summed E-state index contributed by atoms with van der Waals surface area (Å²) in [6, 6.07) is 10.8. The first-order chi connectivity index (χ1) is 10.8. The van der Waals surface area contributed by atoms with Gasteiger partial charge < -0.3 is 9.63 Å². The summed E-state index contributed by atoms with van der Waals surface area (Å²) in [6.45, 7) is 0. The Morgan fingerprint density at radius 1 is 1.00 bits per heavy atom. The van der Waals surface area contributed by atoms with Crippen LogP contribution in [0.2, 0.25) is 5.02 Å². The lowest BCUT2D eigenvalue weighted by Gasteiger charge is -2.06. The van der Waals surface area contributed by atoms with Gasteiger partial charge in [0.25, 0.3) is 0 Å². The lowest BCUT2D eigenvalue weighted by Crippen LogP contribution is -2.04. The molecule has 1 N–H and O–H groups in total. The molecular weight excluding hydrogens is 331 g/mol. The van der Waals surface area contributed by atoms with Crippen molar-refractivity contribution in [2.75, 3.05) is 0 Å². The maximum absolute atomic E-state index is 12.8. The largest absolute Gasteiger partial charge is 0.506 e. The number of phenols is 1. The minimum atomic E-state index is -4.43. The predicted molar refractivity (Wildman–Crippen MR) is 79.1 cm³/mol. The number of aromatic nitrogens is 1. The van der Waals surface area contributed by atoms with E-state index in [-0.39, 0.29) is 22.0 Å². The molecule has 0 amide bonds. The van der Waals surface area contributed by atoms with Gasteiger partial charge in [-0.3, -0.25) is 0 Å².